The molecular formula is C19H21NO. The molecule has 0 N–H and O–H groups in total. The second kappa shape index (κ2) is 5.36. The smallest absolute Gasteiger partial charge is 0.258 e. The van der Waals surface area contributed by atoms with Gasteiger partial charge in [-0.15, -0.1) is 0 Å². The Morgan fingerprint density at radius 3 is 2.48 bits per heavy atom. The summed E-state index contributed by atoms with van der Waals surface area (Å²) < 4.78 is 0. The lowest BCUT2D eigenvalue weighted by Gasteiger charge is -2.35. The summed E-state index contributed by atoms with van der Waals surface area (Å²) in [5.41, 5.74) is 5.40. The summed E-state index contributed by atoms with van der Waals surface area (Å²) in [4.78, 5) is 15.0. The Morgan fingerprint density at radius 2 is 1.76 bits per heavy atom. The molecule has 2 heteroatoms. The summed E-state index contributed by atoms with van der Waals surface area (Å²) in [5.74, 6) is 0.112. The van der Waals surface area contributed by atoms with Crippen LogP contribution in [-0.4, -0.2) is 11.9 Å². The first kappa shape index (κ1) is 13.9. The van der Waals surface area contributed by atoms with Gasteiger partial charge in [-0.1, -0.05) is 35.4 Å². The Labute approximate surface area is 126 Å². The van der Waals surface area contributed by atoms with Gasteiger partial charge in [0.2, 0.25) is 0 Å². The van der Waals surface area contributed by atoms with E-state index in [1.807, 2.05) is 43.0 Å². The van der Waals surface area contributed by atoms with Crippen LogP contribution in [0.1, 0.15) is 40.4 Å². The number of anilines is 1. The minimum Gasteiger partial charge on any atom is -0.305 e. The highest BCUT2D eigenvalue weighted by molar-refractivity contribution is 6.07. The molecule has 0 aliphatic carbocycles. The van der Waals surface area contributed by atoms with Crippen molar-refractivity contribution in [3.05, 3.63) is 64.7 Å². The predicted molar refractivity (Wildman–Crippen MR) is 87.0 cm³/mol. The average Bonchev–Trinajstić information content (AvgIpc) is 2.45. The molecular weight excluding hydrogens is 258 g/mol. The maximum Gasteiger partial charge on any atom is 0.258 e. The van der Waals surface area contributed by atoms with Crippen LogP contribution in [-0.2, 0) is 6.42 Å². The lowest BCUT2D eigenvalue weighted by Crippen LogP contribution is -2.42. The Hall–Kier alpha value is -2.09. The van der Waals surface area contributed by atoms with Gasteiger partial charge in [-0.25, -0.2) is 0 Å². The maximum absolute atomic E-state index is 13.0. The van der Waals surface area contributed by atoms with Gasteiger partial charge in [0.25, 0.3) is 5.91 Å². The first-order chi connectivity index (χ1) is 10.1. The second-order valence-electron chi connectivity index (χ2n) is 6.07. The van der Waals surface area contributed by atoms with Crippen LogP contribution in [0.5, 0.6) is 0 Å². The van der Waals surface area contributed by atoms with Gasteiger partial charge in [0.15, 0.2) is 0 Å². The van der Waals surface area contributed by atoms with Gasteiger partial charge in [-0.05, 0) is 57.4 Å². The van der Waals surface area contributed by atoms with Crippen LogP contribution in [0.3, 0.4) is 0 Å². The lowest BCUT2D eigenvalue weighted by molar-refractivity contribution is 0.0975. The van der Waals surface area contributed by atoms with E-state index in [0.717, 1.165) is 35.2 Å². The molecule has 0 aromatic heterocycles. The Kier molecular flexibility index (Phi) is 3.54. The van der Waals surface area contributed by atoms with Crippen LogP contribution in [0.2, 0.25) is 0 Å². The van der Waals surface area contributed by atoms with E-state index in [1.54, 1.807) is 0 Å². The van der Waals surface area contributed by atoms with Crippen LogP contribution >= 0.6 is 0 Å². The van der Waals surface area contributed by atoms with E-state index in [9.17, 15) is 4.79 Å². The second-order valence-corrected chi connectivity index (χ2v) is 6.07. The third-order valence-electron chi connectivity index (χ3n) is 4.21. The van der Waals surface area contributed by atoms with Gasteiger partial charge in [0, 0.05) is 17.3 Å². The molecule has 0 saturated heterocycles. The molecule has 1 amide bonds. The Balaban J connectivity index is 2.04. The summed E-state index contributed by atoms with van der Waals surface area (Å²) in [6.45, 7) is 6.21. The van der Waals surface area contributed by atoms with E-state index >= 15 is 0 Å². The number of carbonyl (C=O) groups excluding carboxylic acids is 1. The van der Waals surface area contributed by atoms with E-state index in [0.29, 0.717) is 0 Å². The zero-order valence-electron chi connectivity index (χ0n) is 12.9. The van der Waals surface area contributed by atoms with Crippen molar-refractivity contribution in [2.45, 2.75) is 39.7 Å². The normalized spacial score (nSPS) is 17.5. The molecule has 108 valence electrons. The number of fused-ring (bicyclic) bond motifs is 1. The highest BCUT2D eigenvalue weighted by atomic mass is 16.2. The number of hydrogen-bond donors (Lipinski definition) is 0. The SMILES string of the molecule is Cc1cc(C)cc(C(=O)N2c3ccccc3CCC2C)c1. The van der Waals surface area contributed by atoms with E-state index in [2.05, 4.69) is 25.1 Å². The fourth-order valence-corrected chi connectivity index (χ4v) is 3.23. The molecule has 0 radical (unpaired) electrons. The molecule has 1 aliphatic heterocycles. The molecule has 1 aliphatic rings. The van der Waals surface area contributed by atoms with Gasteiger partial charge < -0.3 is 4.90 Å². The minimum absolute atomic E-state index is 0.112. The van der Waals surface area contributed by atoms with E-state index in [4.69, 9.17) is 0 Å². The minimum atomic E-state index is 0.112. The van der Waals surface area contributed by atoms with Gasteiger partial charge in [0.1, 0.15) is 0 Å². The van der Waals surface area contributed by atoms with Crippen molar-refractivity contribution in [2.24, 2.45) is 0 Å². The Bertz CT molecular complexity index is 669. The summed E-state index contributed by atoms with van der Waals surface area (Å²) in [6, 6.07) is 14.6. The van der Waals surface area contributed by atoms with Crippen molar-refractivity contribution in [2.75, 3.05) is 4.90 Å². The summed E-state index contributed by atoms with van der Waals surface area (Å²) in [5, 5.41) is 0. The summed E-state index contributed by atoms with van der Waals surface area (Å²) in [6.07, 6.45) is 2.07. The number of amides is 1. The highest BCUT2D eigenvalue weighted by Crippen LogP contribution is 2.31. The van der Waals surface area contributed by atoms with Crippen molar-refractivity contribution in [3.63, 3.8) is 0 Å². The van der Waals surface area contributed by atoms with E-state index in [1.165, 1.54) is 5.56 Å². The van der Waals surface area contributed by atoms with Gasteiger partial charge >= 0.3 is 0 Å². The molecule has 1 unspecified atom stereocenters. The third kappa shape index (κ3) is 2.58. The van der Waals surface area contributed by atoms with Crippen molar-refractivity contribution < 1.29 is 4.79 Å². The molecule has 2 aromatic carbocycles. The summed E-state index contributed by atoms with van der Waals surface area (Å²) in [7, 11) is 0. The molecule has 0 spiro atoms. The zero-order chi connectivity index (χ0) is 15.0. The quantitative estimate of drug-likeness (QED) is 0.762. The number of para-hydroxylation sites is 1. The highest BCUT2D eigenvalue weighted by Gasteiger charge is 2.28. The number of benzene rings is 2. The molecule has 3 rings (SSSR count). The average molecular weight is 279 g/mol. The number of carbonyl (C=O) groups is 1. The maximum atomic E-state index is 13.0. The molecule has 2 aromatic rings. The monoisotopic (exact) mass is 279 g/mol. The van der Waals surface area contributed by atoms with Crippen LogP contribution in [0.25, 0.3) is 0 Å². The van der Waals surface area contributed by atoms with Crippen molar-refractivity contribution in [1.82, 2.24) is 0 Å². The molecule has 2 nitrogen and oxygen atoms in total. The number of rotatable bonds is 1. The molecule has 21 heavy (non-hydrogen) atoms. The Morgan fingerprint density at radius 1 is 1.10 bits per heavy atom. The van der Waals surface area contributed by atoms with E-state index < -0.39 is 0 Å². The molecule has 0 fully saturated rings. The van der Waals surface area contributed by atoms with Crippen molar-refractivity contribution >= 4 is 11.6 Å². The third-order valence-corrected chi connectivity index (χ3v) is 4.21. The van der Waals surface area contributed by atoms with Gasteiger partial charge in [0.05, 0.1) is 0 Å². The molecule has 1 atom stereocenters. The van der Waals surface area contributed by atoms with E-state index in [-0.39, 0.29) is 11.9 Å². The number of hydrogen-bond acceptors (Lipinski definition) is 1. The van der Waals surface area contributed by atoms with Crippen molar-refractivity contribution in [1.29, 1.82) is 0 Å². The molecule has 0 bridgehead atoms. The topological polar surface area (TPSA) is 20.3 Å². The first-order valence-electron chi connectivity index (χ1n) is 7.56. The zero-order valence-corrected chi connectivity index (χ0v) is 12.9. The summed E-state index contributed by atoms with van der Waals surface area (Å²) >= 11 is 0. The fourth-order valence-electron chi connectivity index (χ4n) is 3.23. The van der Waals surface area contributed by atoms with Crippen LogP contribution < -0.4 is 4.90 Å². The fraction of sp³-hybridized carbons (Fsp3) is 0.316. The predicted octanol–water partition coefficient (Wildman–Crippen LogP) is 4.28. The van der Waals surface area contributed by atoms with Crippen LogP contribution in [0, 0.1) is 13.8 Å². The van der Waals surface area contributed by atoms with Crippen molar-refractivity contribution in [3.8, 4) is 0 Å². The van der Waals surface area contributed by atoms with Gasteiger partial charge in [-0.3, -0.25) is 4.79 Å². The van der Waals surface area contributed by atoms with Crippen LogP contribution in [0.15, 0.2) is 42.5 Å². The lowest BCUT2D eigenvalue weighted by atomic mass is 9.95. The number of aryl methyl sites for hydroxylation is 3. The largest absolute Gasteiger partial charge is 0.305 e. The van der Waals surface area contributed by atoms with Crippen LogP contribution in [0.4, 0.5) is 5.69 Å². The van der Waals surface area contributed by atoms with Gasteiger partial charge in [-0.2, -0.15) is 0 Å². The first-order valence-corrected chi connectivity index (χ1v) is 7.56. The standard InChI is InChI=1S/C19H21NO/c1-13-10-14(2)12-17(11-13)19(21)20-15(3)8-9-16-6-4-5-7-18(16)20/h4-7,10-12,15H,8-9H2,1-3H3. The molecule has 0 saturated carbocycles. The molecule has 1 heterocycles. The number of nitrogens with zero attached hydrogens (tertiary/aromatic N) is 1.